The monoisotopic (exact) mass is 319 g/mol. The van der Waals surface area contributed by atoms with Crippen LogP contribution in [0.2, 0.25) is 0 Å². The molecular weight excluding hydrogens is 306 g/mol. The van der Waals surface area contributed by atoms with Gasteiger partial charge in [-0.25, -0.2) is 0 Å². The van der Waals surface area contributed by atoms with Gasteiger partial charge in [-0.2, -0.15) is 0 Å². The number of benzene rings is 1. The lowest BCUT2D eigenvalue weighted by Gasteiger charge is -2.10. The minimum atomic E-state index is -0.335. The maximum absolute atomic E-state index is 11.9. The van der Waals surface area contributed by atoms with Crippen molar-refractivity contribution in [3.05, 3.63) is 57.8 Å². The molecular formula is C14H13N3O2S2. The summed E-state index contributed by atoms with van der Waals surface area (Å²) in [5, 5.41) is 4.32. The highest BCUT2D eigenvalue weighted by Crippen LogP contribution is 2.07. The van der Waals surface area contributed by atoms with Crippen LogP contribution in [0.4, 0.5) is 0 Å². The smallest absolute Gasteiger partial charge is 0.279 e. The Morgan fingerprint density at radius 3 is 2.38 bits per heavy atom. The number of thiophene rings is 1. The fourth-order valence-electron chi connectivity index (χ4n) is 1.49. The topological polar surface area (TPSA) is 70.2 Å². The second kappa shape index (κ2) is 6.96. The van der Waals surface area contributed by atoms with E-state index in [1.807, 2.05) is 19.1 Å². The molecule has 3 N–H and O–H groups in total. The largest absolute Gasteiger partial charge is 0.298 e. The molecule has 1 aromatic heterocycles. The van der Waals surface area contributed by atoms with Crippen molar-refractivity contribution in [2.75, 3.05) is 0 Å². The van der Waals surface area contributed by atoms with E-state index in [-0.39, 0.29) is 16.9 Å². The van der Waals surface area contributed by atoms with Crippen LogP contribution in [0, 0.1) is 6.92 Å². The first-order valence-corrected chi connectivity index (χ1v) is 7.37. The van der Waals surface area contributed by atoms with Gasteiger partial charge in [0.15, 0.2) is 5.11 Å². The molecule has 7 heteroatoms. The van der Waals surface area contributed by atoms with Crippen LogP contribution < -0.4 is 16.2 Å². The fourth-order valence-corrected chi connectivity index (χ4v) is 2.26. The van der Waals surface area contributed by atoms with E-state index in [9.17, 15) is 9.59 Å². The third kappa shape index (κ3) is 4.37. The zero-order chi connectivity index (χ0) is 15.2. The second-order valence-electron chi connectivity index (χ2n) is 4.21. The normalized spacial score (nSPS) is 9.76. The molecule has 0 aliphatic heterocycles. The van der Waals surface area contributed by atoms with Crippen LogP contribution in [0.1, 0.15) is 25.6 Å². The first-order chi connectivity index (χ1) is 10.1. The predicted molar refractivity (Wildman–Crippen MR) is 86.2 cm³/mol. The Balaban J connectivity index is 1.83. The molecule has 5 nitrogen and oxygen atoms in total. The average Bonchev–Trinajstić information content (AvgIpc) is 2.99. The molecule has 0 saturated carbocycles. The van der Waals surface area contributed by atoms with Gasteiger partial charge in [0.05, 0.1) is 4.88 Å². The molecule has 2 rings (SSSR count). The third-order valence-electron chi connectivity index (χ3n) is 2.58. The molecule has 0 aliphatic carbocycles. The Labute approximate surface area is 131 Å². The Morgan fingerprint density at radius 2 is 1.76 bits per heavy atom. The second-order valence-corrected chi connectivity index (χ2v) is 5.56. The van der Waals surface area contributed by atoms with Gasteiger partial charge >= 0.3 is 0 Å². The minimum absolute atomic E-state index is 0.0329. The molecule has 1 aromatic carbocycles. The Morgan fingerprint density at radius 1 is 1.05 bits per heavy atom. The van der Waals surface area contributed by atoms with Crippen LogP contribution in [0.3, 0.4) is 0 Å². The van der Waals surface area contributed by atoms with Crippen molar-refractivity contribution in [1.82, 2.24) is 16.2 Å². The quantitative estimate of drug-likeness (QED) is 0.585. The van der Waals surface area contributed by atoms with Gasteiger partial charge < -0.3 is 0 Å². The van der Waals surface area contributed by atoms with Gasteiger partial charge in [-0.1, -0.05) is 23.8 Å². The van der Waals surface area contributed by atoms with E-state index in [1.54, 1.807) is 29.6 Å². The molecule has 0 bridgehead atoms. The van der Waals surface area contributed by atoms with Crippen molar-refractivity contribution in [2.45, 2.75) is 6.92 Å². The SMILES string of the molecule is Cc1ccc(C(=O)NC(=S)NNC(=O)c2cccs2)cc1. The van der Waals surface area contributed by atoms with Crippen molar-refractivity contribution in [2.24, 2.45) is 0 Å². The zero-order valence-corrected chi connectivity index (χ0v) is 12.8. The number of hydrogen-bond donors (Lipinski definition) is 3. The number of hydrogen-bond acceptors (Lipinski definition) is 4. The predicted octanol–water partition coefficient (Wildman–Crippen LogP) is 2.01. The summed E-state index contributed by atoms with van der Waals surface area (Å²) in [5.74, 6) is -0.644. The molecule has 0 fully saturated rings. The van der Waals surface area contributed by atoms with Crippen molar-refractivity contribution in [1.29, 1.82) is 0 Å². The summed E-state index contributed by atoms with van der Waals surface area (Å²) in [6.45, 7) is 1.94. The average molecular weight is 319 g/mol. The molecule has 0 radical (unpaired) electrons. The number of carbonyl (C=O) groups is 2. The summed E-state index contributed by atoms with van der Waals surface area (Å²) >= 11 is 6.26. The summed E-state index contributed by atoms with van der Waals surface area (Å²) in [5.41, 5.74) is 6.47. The van der Waals surface area contributed by atoms with Crippen LogP contribution >= 0.6 is 23.6 Å². The molecule has 2 amide bonds. The summed E-state index contributed by atoms with van der Waals surface area (Å²) < 4.78 is 0. The number of amides is 2. The standard InChI is InChI=1S/C14H13N3O2S2/c1-9-4-6-10(7-5-9)12(18)15-14(20)17-16-13(19)11-3-2-8-21-11/h2-8H,1H3,(H,16,19)(H2,15,17,18,20). The summed E-state index contributed by atoms with van der Waals surface area (Å²) in [4.78, 5) is 24.1. The molecule has 0 spiro atoms. The van der Waals surface area contributed by atoms with E-state index in [0.29, 0.717) is 10.4 Å². The van der Waals surface area contributed by atoms with Gasteiger partial charge in [0.2, 0.25) is 0 Å². The van der Waals surface area contributed by atoms with Gasteiger partial charge in [-0.05, 0) is 42.7 Å². The molecule has 0 unspecified atom stereocenters. The summed E-state index contributed by atoms with van der Waals surface area (Å²) in [7, 11) is 0. The van der Waals surface area contributed by atoms with E-state index in [1.165, 1.54) is 11.3 Å². The van der Waals surface area contributed by atoms with Crippen molar-refractivity contribution < 1.29 is 9.59 Å². The summed E-state index contributed by atoms with van der Waals surface area (Å²) in [6, 6.07) is 10.6. The number of carbonyl (C=O) groups excluding carboxylic acids is 2. The first kappa shape index (κ1) is 15.1. The van der Waals surface area contributed by atoms with Gasteiger partial charge in [0, 0.05) is 5.56 Å². The van der Waals surface area contributed by atoms with E-state index < -0.39 is 0 Å². The number of rotatable bonds is 2. The molecule has 0 atom stereocenters. The van der Waals surface area contributed by atoms with Crippen molar-refractivity contribution in [3.8, 4) is 0 Å². The van der Waals surface area contributed by atoms with Crippen LogP contribution in [0.15, 0.2) is 41.8 Å². The van der Waals surface area contributed by atoms with Crippen molar-refractivity contribution >= 4 is 40.5 Å². The Hall–Kier alpha value is -2.25. The van der Waals surface area contributed by atoms with Gasteiger partial charge in [-0.15, -0.1) is 11.3 Å². The van der Waals surface area contributed by atoms with E-state index in [4.69, 9.17) is 12.2 Å². The van der Waals surface area contributed by atoms with Crippen LogP contribution in [-0.4, -0.2) is 16.9 Å². The lowest BCUT2D eigenvalue weighted by atomic mass is 10.1. The first-order valence-electron chi connectivity index (χ1n) is 6.08. The Kier molecular flexibility index (Phi) is 5.02. The van der Waals surface area contributed by atoms with Crippen LogP contribution in [0.25, 0.3) is 0 Å². The van der Waals surface area contributed by atoms with E-state index in [0.717, 1.165) is 5.56 Å². The number of nitrogens with one attached hydrogen (secondary N) is 3. The maximum atomic E-state index is 11.9. The number of thiocarbonyl (C=S) groups is 1. The van der Waals surface area contributed by atoms with Crippen LogP contribution in [-0.2, 0) is 0 Å². The van der Waals surface area contributed by atoms with Crippen molar-refractivity contribution in [3.63, 3.8) is 0 Å². The highest BCUT2D eigenvalue weighted by molar-refractivity contribution is 7.80. The van der Waals surface area contributed by atoms with Gasteiger partial charge in [0.25, 0.3) is 11.8 Å². The molecule has 0 aliphatic rings. The summed E-state index contributed by atoms with van der Waals surface area (Å²) in [6.07, 6.45) is 0. The van der Waals surface area contributed by atoms with Gasteiger partial charge in [0.1, 0.15) is 0 Å². The van der Waals surface area contributed by atoms with E-state index >= 15 is 0 Å². The number of hydrazine groups is 1. The number of aryl methyl sites for hydroxylation is 1. The minimum Gasteiger partial charge on any atom is -0.298 e. The highest BCUT2D eigenvalue weighted by atomic mass is 32.1. The molecule has 108 valence electrons. The van der Waals surface area contributed by atoms with E-state index in [2.05, 4.69) is 16.2 Å². The lowest BCUT2D eigenvalue weighted by Crippen LogP contribution is -2.48. The highest BCUT2D eigenvalue weighted by Gasteiger charge is 2.09. The third-order valence-corrected chi connectivity index (χ3v) is 3.65. The lowest BCUT2D eigenvalue weighted by molar-refractivity contribution is 0.0938. The molecule has 21 heavy (non-hydrogen) atoms. The Bertz CT molecular complexity index is 651. The zero-order valence-electron chi connectivity index (χ0n) is 11.2. The van der Waals surface area contributed by atoms with Crippen LogP contribution in [0.5, 0.6) is 0 Å². The van der Waals surface area contributed by atoms with Gasteiger partial charge in [-0.3, -0.25) is 25.8 Å². The fraction of sp³-hybridized carbons (Fsp3) is 0.0714. The molecule has 0 saturated heterocycles. The molecule has 2 aromatic rings. The molecule has 1 heterocycles. The maximum Gasteiger partial charge on any atom is 0.279 e.